The first-order valence-electron chi connectivity index (χ1n) is 10.8. The van der Waals surface area contributed by atoms with Crippen LogP contribution in [-0.2, 0) is 19.9 Å². The van der Waals surface area contributed by atoms with E-state index in [1.807, 2.05) is 55.5 Å². The second-order valence-electron chi connectivity index (χ2n) is 8.01. The quantitative estimate of drug-likeness (QED) is 0.497. The van der Waals surface area contributed by atoms with Crippen molar-refractivity contribution in [2.24, 2.45) is 0 Å². The highest BCUT2D eigenvalue weighted by atomic mass is 32.2. The van der Waals surface area contributed by atoms with Crippen LogP contribution in [0.25, 0.3) is 5.76 Å². The van der Waals surface area contributed by atoms with Crippen LogP contribution in [0.15, 0.2) is 83.2 Å². The van der Waals surface area contributed by atoms with Crippen molar-refractivity contribution in [2.75, 3.05) is 24.7 Å². The molecule has 2 aromatic carbocycles. The Hall–Kier alpha value is -3.18. The van der Waals surface area contributed by atoms with Crippen molar-refractivity contribution in [1.29, 1.82) is 0 Å². The molecule has 5 rings (SSSR count). The van der Waals surface area contributed by atoms with Crippen molar-refractivity contribution < 1.29 is 23.1 Å². The Balaban J connectivity index is 1.29. The molecule has 1 atom stereocenters. The number of carbonyl (C=O) groups excluding carboxylic acids is 1. The number of piperazine rings is 1. The van der Waals surface area contributed by atoms with Gasteiger partial charge in [-0.3, -0.25) is 4.79 Å². The number of nitrogens with zero attached hydrogens (tertiary/aromatic N) is 3. The normalized spacial score (nSPS) is 19.1. The van der Waals surface area contributed by atoms with E-state index in [0.29, 0.717) is 29.3 Å². The Morgan fingerprint density at radius 2 is 1.68 bits per heavy atom. The Bertz CT molecular complexity index is 1310. The molecular formula is C24H23N3O5S2. The van der Waals surface area contributed by atoms with E-state index in [1.54, 1.807) is 35.4 Å². The molecule has 0 radical (unpaired) electrons. The first-order chi connectivity index (χ1) is 16.4. The van der Waals surface area contributed by atoms with Gasteiger partial charge in [0.1, 0.15) is 4.21 Å². The molecule has 0 N–H and O–H groups in total. The summed E-state index contributed by atoms with van der Waals surface area (Å²) >= 11 is 1.12. The third kappa shape index (κ3) is 4.32. The summed E-state index contributed by atoms with van der Waals surface area (Å²) in [5.41, 5.74) is 1.39. The molecule has 34 heavy (non-hydrogen) atoms. The van der Waals surface area contributed by atoms with Crippen LogP contribution in [0.5, 0.6) is 0 Å². The Labute approximate surface area is 202 Å². The maximum absolute atomic E-state index is 13.4. The van der Waals surface area contributed by atoms with Gasteiger partial charge in [0.2, 0.25) is 5.76 Å². The second kappa shape index (κ2) is 9.22. The fraction of sp³-hybridized carbons (Fsp3) is 0.208. The number of hydrogen-bond donors (Lipinski definition) is 0. The lowest BCUT2D eigenvalue weighted by atomic mass is 10.1. The molecule has 0 saturated carbocycles. The molecule has 1 fully saturated rings. The Morgan fingerprint density at radius 3 is 2.38 bits per heavy atom. The van der Waals surface area contributed by atoms with Crippen molar-refractivity contribution in [1.82, 2.24) is 9.21 Å². The van der Waals surface area contributed by atoms with Crippen LogP contribution in [0.3, 0.4) is 0 Å². The van der Waals surface area contributed by atoms with E-state index in [0.717, 1.165) is 17.0 Å². The van der Waals surface area contributed by atoms with E-state index < -0.39 is 10.0 Å². The summed E-state index contributed by atoms with van der Waals surface area (Å²) in [4.78, 5) is 25.7. The van der Waals surface area contributed by atoms with Crippen molar-refractivity contribution in [3.8, 4) is 0 Å². The summed E-state index contributed by atoms with van der Waals surface area (Å²) in [6.45, 7) is 2.73. The standard InChI is InChI=1S/C24H23N3O5S2/c1-18-16-25(24(28)19-8-4-2-5-9-19)14-15-27(18)34(29,30)23-13-12-22(33-23)21-17-26(32-31-21)20-10-6-3-7-11-20/h2-13,17-18H,14-16H2,1H3/t18-/m1/s1. The SMILES string of the molecule is C[C@@H]1CN(C(=O)c2ccccc2)CCN1S(=O)(=O)c1ccc(C2=CN(c3ccccc3)OO2)s1. The molecule has 0 aliphatic carbocycles. The summed E-state index contributed by atoms with van der Waals surface area (Å²) in [6.07, 6.45) is 1.67. The molecular weight excluding hydrogens is 474 g/mol. The van der Waals surface area contributed by atoms with E-state index >= 15 is 0 Å². The number of amides is 1. The Kier molecular flexibility index (Phi) is 6.13. The van der Waals surface area contributed by atoms with Gasteiger partial charge in [-0.2, -0.15) is 9.37 Å². The number of rotatable bonds is 5. The summed E-state index contributed by atoms with van der Waals surface area (Å²) in [7, 11) is -3.72. The lowest BCUT2D eigenvalue weighted by Crippen LogP contribution is -2.55. The maximum Gasteiger partial charge on any atom is 0.253 e. The zero-order chi connectivity index (χ0) is 23.7. The molecule has 3 aromatic rings. The minimum atomic E-state index is -3.72. The van der Waals surface area contributed by atoms with Gasteiger partial charge in [0.05, 0.1) is 16.8 Å². The number of benzene rings is 2. The van der Waals surface area contributed by atoms with Gasteiger partial charge in [-0.05, 0) is 43.3 Å². The number of anilines is 1. The lowest BCUT2D eigenvalue weighted by molar-refractivity contribution is -0.221. The molecule has 3 heterocycles. The molecule has 8 nitrogen and oxygen atoms in total. The zero-order valence-electron chi connectivity index (χ0n) is 18.4. The highest BCUT2D eigenvalue weighted by Gasteiger charge is 2.36. The predicted octanol–water partition coefficient (Wildman–Crippen LogP) is 3.97. The molecule has 0 spiro atoms. The summed E-state index contributed by atoms with van der Waals surface area (Å²) in [6, 6.07) is 21.4. The lowest BCUT2D eigenvalue weighted by Gasteiger charge is -2.38. The van der Waals surface area contributed by atoms with Gasteiger partial charge in [-0.25, -0.2) is 8.42 Å². The van der Waals surface area contributed by atoms with Crippen LogP contribution in [0.4, 0.5) is 5.69 Å². The van der Waals surface area contributed by atoms with Crippen molar-refractivity contribution in [3.05, 3.63) is 89.4 Å². The smallest absolute Gasteiger partial charge is 0.253 e. The molecule has 1 saturated heterocycles. The van der Waals surface area contributed by atoms with E-state index in [9.17, 15) is 13.2 Å². The average molecular weight is 498 g/mol. The van der Waals surface area contributed by atoms with E-state index in [1.165, 1.54) is 9.37 Å². The first-order valence-corrected chi connectivity index (χ1v) is 13.1. The van der Waals surface area contributed by atoms with Crippen LogP contribution in [0.1, 0.15) is 22.2 Å². The summed E-state index contributed by atoms with van der Waals surface area (Å²) in [5.74, 6) is 0.345. The van der Waals surface area contributed by atoms with Crippen molar-refractivity contribution in [2.45, 2.75) is 17.2 Å². The third-order valence-electron chi connectivity index (χ3n) is 5.71. The number of hydrogen-bond acceptors (Lipinski definition) is 7. The molecule has 176 valence electrons. The van der Waals surface area contributed by atoms with Gasteiger partial charge in [-0.15, -0.1) is 11.3 Å². The largest absolute Gasteiger partial charge is 0.336 e. The third-order valence-corrected chi connectivity index (χ3v) is 9.29. The molecule has 0 unspecified atom stereocenters. The Morgan fingerprint density at radius 1 is 0.971 bits per heavy atom. The summed E-state index contributed by atoms with van der Waals surface area (Å²) < 4.78 is 28.5. The number of thiophene rings is 1. The van der Waals surface area contributed by atoms with Crippen LogP contribution >= 0.6 is 11.3 Å². The zero-order valence-corrected chi connectivity index (χ0v) is 20.0. The van der Waals surface area contributed by atoms with Gasteiger partial charge >= 0.3 is 0 Å². The molecule has 0 bridgehead atoms. The minimum Gasteiger partial charge on any atom is -0.336 e. The van der Waals surface area contributed by atoms with Gasteiger partial charge < -0.3 is 9.79 Å². The topological polar surface area (TPSA) is 79.4 Å². The maximum atomic E-state index is 13.4. The van der Waals surface area contributed by atoms with E-state index in [2.05, 4.69) is 0 Å². The van der Waals surface area contributed by atoms with Crippen molar-refractivity contribution >= 4 is 38.7 Å². The highest BCUT2D eigenvalue weighted by molar-refractivity contribution is 7.91. The molecule has 2 aliphatic heterocycles. The average Bonchev–Trinajstić information content (AvgIpc) is 3.55. The number of carbonyl (C=O) groups is 1. The monoisotopic (exact) mass is 497 g/mol. The van der Waals surface area contributed by atoms with Crippen LogP contribution < -0.4 is 5.06 Å². The molecule has 2 aliphatic rings. The fourth-order valence-electron chi connectivity index (χ4n) is 3.98. The van der Waals surface area contributed by atoms with E-state index in [-0.39, 0.29) is 22.7 Å². The van der Waals surface area contributed by atoms with Crippen molar-refractivity contribution in [3.63, 3.8) is 0 Å². The molecule has 10 heteroatoms. The molecule has 1 aromatic heterocycles. The van der Waals surface area contributed by atoms with Gasteiger partial charge in [0.15, 0.2) is 0 Å². The number of sulfonamides is 1. The van der Waals surface area contributed by atoms with Gasteiger partial charge in [-0.1, -0.05) is 41.4 Å². The number of hydroxylamine groups is 1. The summed E-state index contributed by atoms with van der Waals surface area (Å²) in [5, 5.41) is 1.48. The van der Waals surface area contributed by atoms with Gasteiger partial charge in [0, 0.05) is 31.2 Å². The fourth-order valence-corrected chi connectivity index (χ4v) is 6.97. The minimum absolute atomic E-state index is 0.0869. The highest BCUT2D eigenvalue weighted by Crippen LogP contribution is 2.35. The number of para-hydroxylation sites is 1. The molecule has 1 amide bonds. The van der Waals surface area contributed by atoms with E-state index in [4.69, 9.17) is 9.88 Å². The van der Waals surface area contributed by atoms with Crippen LogP contribution in [0, 0.1) is 0 Å². The first kappa shape index (κ1) is 22.6. The predicted molar refractivity (Wildman–Crippen MR) is 129 cm³/mol. The second-order valence-corrected chi connectivity index (χ2v) is 11.2. The van der Waals surface area contributed by atoms with Crippen LogP contribution in [0.2, 0.25) is 0 Å². The van der Waals surface area contributed by atoms with Crippen LogP contribution in [-0.4, -0.2) is 49.2 Å². The van der Waals surface area contributed by atoms with Gasteiger partial charge in [0.25, 0.3) is 15.9 Å².